The normalized spacial score (nSPS) is 11.8. The zero-order chi connectivity index (χ0) is 21.5. The number of rotatable bonds is 9. The van der Waals surface area contributed by atoms with Crippen molar-refractivity contribution in [3.8, 4) is 17.2 Å². The molecule has 0 saturated heterocycles. The molecule has 1 unspecified atom stereocenters. The predicted octanol–water partition coefficient (Wildman–Crippen LogP) is 2.99. The van der Waals surface area contributed by atoms with Gasteiger partial charge in [-0.25, -0.2) is 4.98 Å². The van der Waals surface area contributed by atoms with Crippen LogP contribution in [0.5, 0.6) is 5.75 Å². The molecule has 4 rings (SSSR count). The van der Waals surface area contributed by atoms with E-state index in [-0.39, 0.29) is 17.7 Å². The van der Waals surface area contributed by atoms with Crippen molar-refractivity contribution in [2.45, 2.75) is 17.8 Å². The SMILES string of the molecule is COc1ccc(-c2nnc(SCC(=O)NC(Cn3cncn3)c3ccccc3)o2)cc1. The second-order valence-electron chi connectivity index (χ2n) is 6.54. The van der Waals surface area contributed by atoms with Gasteiger partial charge in [0, 0.05) is 5.56 Å². The van der Waals surface area contributed by atoms with Crippen molar-refractivity contribution in [2.75, 3.05) is 12.9 Å². The fourth-order valence-corrected chi connectivity index (χ4v) is 3.49. The molecule has 158 valence electrons. The Kier molecular flexibility index (Phi) is 6.58. The van der Waals surface area contributed by atoms with E-state index in [2.05, 4.69) is 25.6 Å². The van der Waals surface area contributed by atoms with Crippen LogP contribution in [0.3, 0.4) is 0 Å². The number of hydrogen-bond donors (Lipinski definition) is 1. The average Bonchev–Trinajstić information content (AvgIpc) is 3.50. The standard InChI is InChI=1S/C21H20N6O3S/c1-29-17-9-7-16(8-10-17)20-25-26-21(30-20)31-12-19(28)24-18(11-27-14-22-13-23-27)15-5-3-2-4-6-15/h2-10,13-14,18H,11-12H2,1H3,(H,24,28). The molecule has 0 aliphatic carbocycles. The number of nitrogens with one attached hydrogen (secondary N) is 1. The van der Waals surface area contributed by atoms with Crippen molar-refractivity contribution in [3.63, 3.8) is 0 Å². The highest BCUT2D eigenvalue weighted by molar-refractivity contribution is 7.99. The summed E-state index contributed by atoms with van der Waals surface area (Å²) in [6.07, 6.45) is 3.09. The maximum atomic E-state index is 12.6. The number of benzene rings is 2. The van der Waals surface area contributed by atoms with Crippen LogP contribution >= 0.6 is 11.8 Å². The van der Waals surface area contributed by atoms with Gasteiger partial charge in [-0.1, -0.05) is 42.1 Å². The van der Waals surface area contributed by atoms with Gasteiger partial charge in [0.1, 0.15) is 18.4 Å². The molecular formula is C21H20N6O3S. The molecule has 9 nitrogen and oxygen atoms in total. The molecule has 2 heterocycles. The number of methoxy groups -OCH3 is 1. The summed E-state index contributed by atoms with van der Waals surface area (Å²) >= 11 is 1.19. The van der Waals surface area contributed by atoms with Crippen molar-refractivity contribution in [1.82, 2.24) is 30.3 Å². The van der Waals surface area contributed by atoms with Crippen LogP contribution in [-0.2, 0) is 11.3 Å². The highest BCUT2D eigenvalue weighted by Gasteiger charge is 2.17. The number of nitrogens with zero attached hydrogens (tertiary/aromatic N) is 5. The van der Waals surface area contributed by atoms with E-state index in [1.807, 2.05) is 54.6 Å². The maximum Gasteiger partial charge on any atom is 0.277 e. The van der Waals surface area contributed by atoms with Crippen molar-refractivity contribution < 1.29 is 13.9 Å². The Bertz CT molecular complexity index is 1100. The van der Waals surface area contributed by atoms with Crippen molar-refractivity contribution >= 4 is 17.7 Å². The van der Waals surface area contributed by atoms with Crippen LogP contribution in [-0.4, -0.2) is 43.7 Å². The zero-order valence-corrected chi connectivity index (χ0v) is 17.5. The van der Waals surface area contributed by atoms with Gasteiger partial charge in [0.15, 0.2) is 0 Å². The Labute approximate surface area is 182 Å². The Morgan fingerprint density at radius 1 is 1.16 bits per heavy atom. The number of aromatic nitrogens is 5. The monoisotopic (exact) mass is 436 g/mol. The van der Waals surface area contributed by atoms with Gasteiger partial charge in [-0.15, -0.1) is 10.2 Å². The van der Waals surface area contributed by atoms with Crippen LogP contribution in [0.25, 0.3) is 11.5 Å². The minimum Gasteiger partial charge on any atom is -0.497 e. The minimum atomic E-state index is -0.242. The molecular weight excluding hydrogens is 416 g/mol. The fourth-order valence-electron chi connectivity index (χ4n) is 2.92. The molecule has 1 N–H and O–H groups in total. The van der Waals surface area contributed by atoms with E-state index in [1.54, 1.807) is 18.1 Å². The number of carbonyl (C=O) groups is 1. The molecule has 0 aliphatic rings. The number of thioether (sulfide) groups is 1. The average molecular weight is 436 g/mol. The van der Waals surface area contributed by atoms with E-state index in [4.69, 9.17) is 9.15 Å². The molecule has 31 heavy (non-hydrogen) atoms. The number of hydrogen-bond acceptors (Lipinski definition) is 8. The third kappa shape index (κ3) is 5.48. The molecule has 2 aromatic carbocycles. The lowest BCUT2D eigenvalue weighted by Gasteiger charge is -2.19. The Morgan fingerprint density at radius 3 is 2.68 bits per heavy atom. The minimum absolute atomic E-state index is 0.144. The van der Waals surface area contributed by atoms with Crippen LogP contribution < -0.4 is 10.1 Å². The zero-order valence-electron chi connectivity index (χ0n) is 16.7. The van der Waals surface area contributed by atoms with Gasteiger partial charge in [0.05, 0.1) is 25.4 Å². The summed E-state index contributed by atoms with van der Waals surface area (Å²) in [4.78, 5) is 16.6. The van der Waals surface area contributed by atoms with Gasteiger partial charge in [0.25, 0.3) is 5.22 Å². The summed E-state index contributed by atoms with van der Waals surface area (Å²) in [5, 5.41) is 15.6. The predicted molar refractivity (Wildman–Crippen MR) is 114 cm³/mol. The van der Waals surface area contributed by atoms with Gasteiger partial charge in [-0.05, 0) is 29.8 Å². The molecule has 1 atom stereocenters. The van der Waals surface area contributed by atoms with Crippen LogP contribution in [0.1, 0.15) is 11.6 Å². The van der Waals surface area contributed by atoms with Crippen molar-refractivity contribution in [2.24, 2.45) is 0 Å². The Balaban J connectivity index is 1.36. The van der Waals surface area contributed by atoms with E-state index in [0.717, 1.165) is 16.9 Å². The molecule has 0 aliphatic heterocycles. The molecule has 0 saturated carbocycles. The largest absolute Gasteiger partial charge is 0.497 e. The van der Waals surface area contributed by atoms with Gasteiger partial charge in [-0.3, -0.25) is 9.48 Å². The molecule has 10 heteroatoms. The lowest BCUT2D eigenvalue weighted by molar-refractivity contribution is -0.119. The smallest absolute Gasteiger partial charge is 0.277 e. The van der Waals surface area contributed by atoms with E-state index in [1.165, 1.54) is 18.1 Å². The summed E-state index contributed by atoms with van der Waals surface area (Å²) in [6.45, 7) is 0.475. The van der Waals surface area contributed by atoms with Gasteiger partial charge in [0.2, 0.25) is 11.8 Å². The first-order chi connectivity index (χ1) is 15.2. The summed E-state index contributed by atoms with van der Waals surface area (Å²) in [5.74, 6) is 1.13. The Morgan fingerprint density at radius 2 is 1.97 bits per heavy atom. The van der Waals surface area contributed by atoms with Gasteiger partial charge < -0.3 is 14.5 Å². The molecule has 0 fully saturated rings. The van der Waals surface area contributed by atoms with E-state index >= 15 is 0 Å². The first-order valence-electron chi connectivity index (χ1n) is 9.48. The highest BCUT2D eigenvalue weighted by Crippen LogP contribution is 2.25. The summed E-state index contributed by atoms with van der Waals surface area (Å²) in [7, 11) is 1.61. The van der Waals surface area contributed by atoms with Crippen molar-refractivity contribution in [3.05, 3.63) is 72.8 Å². The van der Waals surface area contributed by atoms with E-state index in [0.29, 0.717) is 17.7 Å². The number of amides is 1. The van der Waals surface area contributed by atoms with Crippen LogP contribution in [0.2, 0.25) is 0 Å². The van der Waals surface area contributed by atoms with Crippen LogP contribution in [0, 0.1) is 0 Å². The van der Waals surface area contributed by atoms with Gasteiger partial charge in [-0.2, -0.15) is 5.10 Å². The lowest BCUT2D eigenvalue weighted by Crippen LogP contribution is -2.32. The topological polar surface area (TPSA) is 108 Å². The molecule has 0 spiro atoms. The molecule has 2 aromatic heterocycles. The van der Waals surface area contributed by atoms with Crippen molar-refractivity contribution in [1.29, 1.82) is 0 Å². The first-order valence-corrected chi connectivity index (χ1v) is 10.5. The summed E-state index contributed by atoms with van der Waals surface area (Å²) in [5.41, 5.74) is 1.76. The quantitative estimate of drug-likeness (QED) is 0.399. The number of carbonyl (C=O) groups excluding carboxylic acids is 1. The second-order valence-corrected chi connectivity index (χ2v) is 7.47. The Hall–Kier alpha value is -3.66. The van der Waals surface area contributed by atoms with E-state index < -0.39 is 0 Å². The molecule has 0 bridgehead atoms. The molecule has 4 aromatic rings. The van der Waals surface area contributed by atoms with Crippen LogP contribution in [0.15, 0.2) is 76.9 Å². The molecule has 1 amide bonds. The summed E-state index contributed by atoms with van der Waals surface area (Å²) in [6, 6.07) is 16.8. The first kappa shape index (κ1) is 20.6. The summed E-state index contributed by atoms with van der Waals surface area (Å²) < 4.78 is 12.5. The molecule has 0 radical (unpaired) electrons. The fraction of sp³-hybridized carbons (Fsp3) is 0.190. The third-order valence-electron chi connectivity index (χ3n) is 4.44. The number of ether oxygens (including phenoxy) is 1. The maximum absolute atomic E-state index is 12.6. The van der Waals surface area contributed by atoms with E-state index in [9.17, 15) is 4.79 Å². The van der Waals surface area contributed by atoms with Crippen LogP contribution in [0.4, 0.5) is 0 Å². The second kappa shape index (κ2) is 9.90. The highest BCUT2D eigenvalue weighted by atomic mass is 32.2. The third-order valence-corrected chi connectivity index (χ3v) is 5.26. The lowest BCUT2D eigenvalue weighted by atomic mass is 10.1. The van der Waals surface area contributed by atoms with Gasteiger partial charge >= 0.3 is 0 Å².